The summed E-state index contributed by atoms with van der Waals surface area (Å²) in [6.45, 7) is 5.16. The number of hydrogen-bond donors (Lipinski definition) is 1. The molecule has 0 bridgehead atoms. The molecule has 2 atom stereocenters. The van der Waals surface area contributed by atoms with E-state index in [1.807, 2.05) is 26.0 Å². The van der Waals surface area contributed by atoms with Crippen molar-refractivity contribution in [2.24, 2.45) is 4.99 Å². The van der Waals surface area contributed by atoms with Crippen molar-refractivity contribution in [3.05, 3.63) is 40.5 Å². The van der Waals surface area contributed by atoms with E-state index in [4.69, 9.17) is 16.3 Å². The number of ether oxygens (including phenoxy) is 1. The highest BCUT2D eigenvalue weighted by Crippen LogP contribution is 2.26. The van der Waals surface area contributed by atoms with Crippen molar-refractivity contribution in [3.63, 3.8) is 0 Å². The maximum atomic E-state index is 13.0. The summed E-state index contributed by atoms with van der Waals surface area (Å²) < 4.78 is 5.70. The number of amidine groups is 1. The van der Waals surface area contributed by atoms with Gasteiger partial charge in [-0.25, -0.2) is 4.99 Å². The zero-order valence-corrected chi connectivity index (χ0v) is 18.3. The Hall–Kier alpha value is -1.83. The minimum absolute atomic E-state index is 0.00794. The molecule has 1 saturated heterocycles. The number of aliphatic imine (C=N–C) groups is 1. The zero-order chi connectivity index (χ0) is 20.8. The van der Waals surface area contributed by atoms with Crippen LogP contribution >= 0.6 is 23.4 Å². The number of nitrogens with zero attached hydrogens (tertiary/aromatic N) is 2. The maximum Gasteiger partial charge on any atom is 0.278 e. The number of carbonyl (C=O) groups excluding carboxylic acids is 2. The second-order valence-corrected chi connectivity index (χ2v) is 8.57. The zero-order valence-electron chi connectivity index (χ0n) is 16.7. The van der Waals surface area contributed by atoms with Crippen molar-refractivity contribution >= 4 is 46.4 Å². The van der Waals surface area contributed by atoms with Crippen molar-refractivity contribution in [2.45, 2.75) is 45.3 Å². The lowest BCUT2D eigenvalue weighted by molar-refractivity contribution is -0.123. The van der Waals surface area contributed by atoms with E-state index in [9.17, 15) is 9.59 Å². The normalized spacial score (nSPS) is 21.6. The highest BCUT2D eigenvalue weighted by atomic mass is 35.5. The molecular weight excluding hydrogens is 410 g/mol. The van der Waals surface area contributed by atoms with Crippen LogP contribution in [-0.2, 0) is 14.3 Å². The van der Waals surface area contributed by atoms with Crippen LogP contribution in [0.15, 0.2) is 35.0 Å². The maximum absolute atomic E-state index is 13.0. The summed E-state index contributed by atoms with van der Waals surface area (Å²) in [7, 11) is 0. The Morgan fingerprint density at radius 2 is 2.21 bits per heavy atom. The number of thioether (sulfide) groups is 1. The Morgan fingerprint density at radius 3 is 2.86 bits per heavy atom. The van der Waals surface area contributed by atoms with Gasteiger partial charge in [-0.2, -0.15) is 0 Å². The van der Waals surface area contributed by atoms with Gasteiger partial charge >= 0.3 is 0 Å². The Kier molecular flexibility index (Phi) is 7.75. The number of nitrogens with one attached hydrogen (secondary N) is 1. The van der Waals surface area contributed by atoms with Crippen LogP contribution in [0.1, 0.15) is 38.7 Å². The SMILES string of the molecule is CC[C@H](C)NC(=O)CSC1=N/C(=C\c2ccc(Cl)cc2)C(=O)N1C[C@H]1CCCO1. The summed E-state index contributed by atoms with van der Waals surface area (Å²) in [5.41, 5.74) is 1.20. The van der Waals surface area contributed by atoms with Crippen LogP contribution < -0.4 is 5.32 Å². The summed E-state index contributed by atoms with van der Waals surface area (Å²) in [6, 6.07) is 7.35. The Labute approximate surface area is 180 Å². The van der Waals surface area contributed by atoms with Gasteiger partial charge in [0.05, 0.1) is 18.4 Å². The van der Waals surface area contributed by atoms with Gasteiger partial charge in [0, 0.05) is 17.7 Å². The molecule has 2 aliphatic heterocycles. The highest BCUT2D eigenvalue weighted by molar-refractivity contribution is 8.14. The molecule has 3 rings (SSSR count). The van der Waals surface area contributed by atoms with Crippen LogP contribution in [0.25, 0.3) is 6.08 Å². The van der Waals surface area contributed by atoms with Crippen molar-refractivity contribution in [1.82, 2.24) is 10.2 Å². The fourth-order valence-electron chi connectivity index (χ4n) is 3.06. The van der Waals surface area contributed by atoms with Crippen molar-refractivity contribution < 1.29 is 14.3 Å². The van der Waals surface area contributed by atoms with E-state index in [-0.39, 0.29) is 29.7 Å². The quantitative estimate of drug-likeness (QED) is 0.663. The van der Waals surface area contributed by atoms with Crippen molar-refractivity contribution in [3.8, 4) is 0 Å². The van der Waals surface area contributed by atoms with E-state index in [1.54, 1.807) is 23.1 Å². The molecule has 1 fully saturated rings. The average Bonchev–Trinajstić information content (AvgIpc) is 3.32. The van der Waals surface area contributed by atoms with Crippen molar-refractivity contribution in [1.29, 1.82) is 0 Å². The number of rotatable bonds is 7. The molecule has 8 heteroatoms. The fraction of sp³-hybridized carbons (Fsp3) is 0.476. The molecular formula is C21H26ClN3O3S. The van der Waals surface area contributed by atoms with E-state index in [1.165, 1.54) is 11.8 Å². The lowest BCUT2D eigenvalue weighted by Gasteiger charge is -2.21. The van der Waals surface area contributed by atoms with E-state index >= 15 is 0 Å². The van der Waals surface area contributed by atoms with E-state index in [0.29, 0.717) is 22.4 Å². The van der Waals surface area contributed by atoms with Gasteiger partial charge in [-0.1, -0.05) is 42.4 Å². The molecule has 1 aromatic carbocycles. The minimum atomic E-state index is -0.166. The van der Waals surface area contributed by atoms with E-state index in [0.717, 1.165) is 31.4 Å². The Balaban J connectivity index is 1.74. The molecule has 2 amide bonds. The first-order valence-corrected chi connectivity index (χ1v) is 11.2. The number of benzene rings is 1. The molecule has 6 nitrogen and oxygen atoms in total. The summed E-state index contributed by atoms with van der Waals surface area (Å²) in [6.07, 6.45) is 4.54. The first kappa shape index (κ1) is 21.9. The van der Waals surface area contributed by atoms with Crippen LogP contribution in [0.3, 0.4) is 0 Å². The van der Waals surface area contributed by atoms with E-state index < -0.39 is 0 Å². The summed E-state index contributed by atoms with van der Waals surface area (Å²) >= 11 is 7.22. The van der Waals surface area contributed by atoms with Gasteiger partial charge < -0.3 is 10.1 Å². The topological polar surface area (TPSA) is 71.0 Å². The average molecular weight is 436 g/mol. The van der Waals surface area contributed by atoms with Crippen LogP contribution in [0, 0.1) is 0 Å². The Bertz CT molecular complexity index is 804. The predicted molar refractivity (Wildman–Crippen MR) is 118 cm³/mol. The van der Waals surface area contributed by atoms with Gasteiger partial charge in [0.25, 0.3) is 5.91 Å². The molecule has 0 aliphatic carbocycles. The van der Waals surface area contributed by atoms with Gasteiger partial charge in [0.2, 0.25) is 5.91 Å². The van der Waals surface area contributed by atoms with E-state index in [2.05, 4.69) is 10.3 Å². The lowest BCUT2D eigenvalue weighted by atomic mass is 10.2. The smallest absolute Gasteiger partial charge is 0.278 e. The highest BCUT2D eigenvalue weighted by Gasteiger charge is 2.33. The number of hydrogen-bond acceptors (Lipinski definition) is 5. The largest absolute Gasteiger partial charge is 0.376 e. The second kappa shape index (κ2) is 10.3. The van der Waals surface area contributed by atoms with Gasteiger partial charge in [-0.05, 0) is 50.0 Å². The third-order valence-electron chi connectivity index (χ3n) is 4.85. The molecule has 29 heavy (non-hydrogen) atoms. The molecule has 0 aromatic heterocycles. The molecule has 156 valence electrons. The summed E-state index contributed by atoms with van der Waals surface area (Å²) in [4.78, 5) is 31.3. The van der Waals surface area contributed by atoms with Crippen molar-refractivity contribution in [2.75, 3.05) is 18.9 Å². The number of carbonyl (C=O) groups is 2. The third kappa shape index (κ3) is 6.07. The summed E-state index contributed by atoms with van der Waals surface area (Å²) in [5.74, 6) is -0.0147. The lowest BCUT2D eigenvalue weighted by Crippen LogP contribution is -2.38. The standard InChI is InChI=1S/C21H26ClN3O3S/c1-3-14(2)23-19(26)13-29-21-24-18(11-15-6-8-16(22)9-7-15)20(27)25(21)12-17-5-4-10-28-17/h6-9,11,14,17H,3-5,10,12-13H2,1-2H3,(H,23,26)/b18-11-/t14-,17+/m0/s1. The molecule has 0 unspecified atom stereocenters. The third-order valence-corrected chi connectivity index (χ3v) is 6.08. The molecule has 2 heterocycles. The van der Waals surface area contributed by atoms with Gasteiger partial charge in [-0.15, -0.1) is 0 Å². The minimum Gasteiger partial charge on any atom is -0.376 e. The van der Waals surface area contributed by atoms with Crippen LogP contribution in [0.5, 0.6) is 0 Å². The molecule has 1 N–H and O–H groups in total. The number of amides is 2. The van der Waals surface area contributed by atoms with Gasteiger partial charge in [-0.3, -0.25) is 14.5 Å². The Morgan fingerprint density at radius 1 is 1.45 bits per heavy atom. The van der Waals surface area contributed by atoms with Gasteiger partial charge in [0.15, 0.2) is 5.17 Å². The first-order valence-electron chi connectivity index (χ1n) is 9.88. The van der Waals surface area contributed by atoms with Crippen LogP contribution in [-0.4, -0.2) is 52.9 Å². The molecule has 0 spiro atoms. The van der Waals surface area contributed by atoms with Crippen LogP contribution in [0.4, 0.5) is 0 Å². The molecule has 0 saturated carbocycles. The predicted octanol–water partition coefficient (Wildman–Crippen LogP) is 3.71. The fourth-order valence-corrected chi connectivity index (χ4v) is 4.00. The summed E-state index contributed by atoms with van der Waals surface area (Å²) in [5, 5.41) is 4.12. The van der Waals surface area contributed by atoms with Crippen LogP contribution in [0.2, 0.25) is 5.02 Å². The number of halogens is 1. The van der Waals surface area contributed by atoms with Gasteiger partial charge in [0.1, 0.15) is 5.70 Å². The first-order chi connectivity index (χ1) is 14.0. The molecule has 2 aliphatic rings. The molecule has 0 radical (unpaired) electrons. The second-order valence-electron chi connectivity index (χ2n) is 7.19. The monoisotopic (exact) mass is 435 g/mol. The molecule has 1 aromatic rings.